The maximum Gasteiger partial charge on any atom is 0.400 e. The molecule has 0 saturated carbocycles. The number of carbonyl (C=O) groups is 1. The van der Waals surface area contributed by atoms with Gasteiger partial charge in [0.15, 0.2) is 0 Å². The quantitative estimate of drug-likeness (QED) is 0.736. The smallest absolute Gasteiger partial charge is 0.353 e. The Morgan fingerprint density at radius 1 is 1.40 bits per heavy atom. The molecule has 0 radical (unpaired) electrons. The van der Waals surface area contributed by atoms with Crippen molar-refractivity contribution in [2.75, 3.05) is 13.1 Å². The zero-order valence-corrected chi connectivity index (χ0v) is 8.53. The number of amides is 1. The normalized spacial score (nSPS) is 21.1. The molecule has 1 heterocycles. The van der Waals surface area contributed by atoms with Crippen LogP contribution in [0.15, 0.2) is 0 Å². The summed E-state index contributed by atoms with van der Waals surface area (Å²) in [5.74, 6) is -2.85. The van der Waals surface area contributed by atoms with Crippen LogP contribution in [-0.4, -0.2) is 31.2 Å². The van der Waals surface area contributed by atoms with Gasteiger partial charge in [0.1, 0.15) is 5.92 Å². The highest BCUT2D eigenvalue weighted by molar-refractivity contribution is 5.79. The summed E-state index contributed by atoms with van der Waals surface area (Å²) in [4.78, 5) is 11.2. The van der Waals surface area contributed by atoms with Crippen LogP contribution in [0.5, 0.6) is 0 Å². The SMILES string of the molecule is CC(C(=O)NC1CCNCC1)C(F)(F)F. The van der Waals surface area contributed by atoms with E-state index >= 15 is 0 Å². The molecule has 0 aromatic carbocycles. The van der Waals surface area contributed by atoms with Gasteiger partial charge in [0, 0.05) is 6.04 Å². The average molecular weight is 224 g/mol. The Balaban J connectivity index is 2.40. The van der Waals surface area contributed by atoms with Gasteiger partial charge in [0.05, 0.1) is 0 Å². The van der Waals surface area contributed by atoms with E-state index < -0.39 is 18.0 Å². The fourth-order valence-corrected chi connectivity index (χ4v) is 1.44. The van der Waals surface area contributed by atoms with Crippen molar-refractivity contribution in [2.24, 2.45) is 5.92 Å². The fourth-order valence-electron chi connectivity index (χ4n) is 1.44. The molecule has 1 aliphatic rings. The van der Waals surface area contributed by atoms with Crippen LogP contribution in [0.3, 0.4) is 0 Å². The van der Waals surface area contributed by atoms with Crippen molar-refractivity contribution in [3.8, 4) is 0 Å². The minimum Gasteiger partial charge on any atom is -0.353 e. The van der Waals surface area contributed by atoms with Crippen LogP contribution in [0.1, 0.15) is 19.8 Å². The summed E-state index contributed by atoms with van der Waals surface area (Å²) in [5, 5.41) is 5.50. The number of piperidine rings is 1. The lowest BCUT2D eigenvalue weighted by Crippen LogP contribution is -2.46. The molecule has 0 aromatic rings. The van der Waals surface area contributed by atoms with Crippen LogP contribution in [-0.2, 0) is 4.79 Å². The first-order chi connectivity index (χ1) is 6.91. The molecule has 0 aliphatic carbocycles. The molecule has 0 aromatic heterocycles. The molecule has 88 valence electrons. The van der Waals surface area contributed by atoms with Crippen molar-refractivity contribution < 1.29 is 18.0 Å². The molecule has 1 saturated heterocycles. The molecule has 1 aliphatic heterocycles. The highest BCUT2D eigenvalue weighted by Gasteiger charge is 2.41. The zero-order valence-electron chi connectivity index (χ0n) is 8.53. The topological polar surface area (TPSA) is 41.1 Å². The summed E-state index contributed by atoms with van der Waals surface area (Å²) in [7, 11) is 0. The number of nitrogens with one attached hydrogen (secondary N) is 2. The van der Waals surface area contributed by atoms with Crippen molar-refractivity contribution in [3.05, 3.63) is 0 Å². The van der Waals surface area contributed by atoms with E-state index in [0.717, 1.165) is 20.0 Å². The van der Waals surface area contributed by atoms with Crippen LogP contribution in [0.25, 0.3) is 0 Å². The third-order valence-corrected chi connectivity index (χ3v) is 2.57. The number of alkyl halides is 3. The van der Waals surface area contributed by atoms with Crippen molar-refractivity contribution in [1.82, 2.24) is 10.6 Å². The van der Waals surface area contributed by atoms with Gasteiger partial charge in [0.2, 0.25) is 5.91 Å². The molecule has 15 heavy (non-hydrogen) atoms. The molecule has 1 amide bonds. The molecule has 1 rings (SSSR count). The second-order valence-corrected chi connectivity index (χ2v) is 3.80. The molecule has 6 heteroatoms. The summed E-state index contributed by atoms with van der Waals surface area (Å²) < 4.78 is 36.5. The number of rotatable bonds is 2. The van der Waals surface area contributed by atoms with Crippen molar-refractivity contribution in [2.45, 2.75) is 32.0 Å². The standard InChI is InChI=1S/C9H15F3N2O/c1-6(9(10,11)12)8(15)14-7-2-4-13-5-3-7/h6-7,13H,2-5H2,1H3,(H,14,15). The molecule has 1 atom stereocenters. The van der Waals surface area contributed by atoms with Crippen molar-refractivity contribution in [3.63, 3.8) is 0 Å². The summed E-state index contributed by atoms with van der Waals surface area (Å²) in [6.07, 6.45) is -3.07. The summed E-state index contributed by atoms with van der Waals surface area (Å²) >= 11 is 0. The van der Waals surface area contributed by atoms with Gasteiger partial charge in [-0.1, -0.05) is 0 Å². The highest BCUT2D eigenvalue weighted by atomic mass is 19.4. The maximum atomic E-state index is 12.2. The summed E-state index contributed by atoms with van der Waals surface area (Å²) in [6, 6.07) is -0.122. The first-order valence-corrected chi connectivity index (χ1v) is 4.99. The molecular formula is C9H15F3N2O. The number of hydrogen-bond acceptors (Lipinski definition) is 2. The lowest BCUT2D eigenvalue weighted by Gasteiger charge is -2.25. The Morgan fingerprint density at radius 2 is 1.93 bits per heavy atom. The van der Waals surface area contributed by atoms with Gasteiger partial charge in [0.25, 0.3) is 0 Å². The monoisotopic (exact) mass is 224 g/mol. The van der Waals surface area contributed by atoms with Crippen LogP contribution in [0, 0.1) is 5.92 Å². The zero-order chi connectivity index (χ0) is 11.5. The molecule has 0 bridgehead atoms. The van der Waals surface area contributed by atoms with Gasteiger partial charge >= 0.3 is 6.18 Å². The van der Waals surface area contributed by atoms with Crippen molar-refractivity contribution >= 4 is 5.91 Å². The fraction of sp³-hybridized carbons (Fsp3) is 0.889. The van der Waals surface area contributed by atoms with Gasteiger partial charge in [-0.2, -0.15) is 13.2 Å². The Morgan fingerprint density at radius 3 is 2.40 bits per heavy atom. The summed E-state index contributed by atoms with van der Waals surface area (Å²) in [5.41, 5.74) is 0. The van der Waals surface area contributed by atoms with Gasteiger partial charge in [-0.25, -0.2) is 0 Å². The number of halogens is 3. The van der Waals surface area contributed by atoms with E-state index in [4.69, 9.17) is 0 Å². The largest absolute Gasteiger partial charge is 0.400 e. The average Bonchev–Trinajstić information content (AvgIpc) is 2.16. The van der Waals surface area contributed by atoms with E-state index in [9.17, 15) is 18.0 Å². The van der Waals surface area contributed by atoms with Gasteiger partial charge in [-0.3, -0.25) is 4.79 Å². The lowest BCUT2D eigenvalue weighted by molar-refractivity contribution is -0.179. The lowest BCUT2D eigenvalue weighted by atomic mass is 10.0. The van der Waals surface area contributed by atoms with E-state index in [0.29, 0.717) is 12.8 Å². The molecule has 3 nitrogen and oxygen atoms in total. The minimum absolute atomic E-state index is 0.122. The predicted molar refractivity (Wildman–Crippen MR) is 49.3 cm³/mol. The van der Waals surface area contributed by atoms with E-state index in [-0.39, 0.29) is 6.04 Å². The molecular weight excluding hydrogens is 209 g/mol. The third-order valence-electron chi connectivity index (χ3n) is 2.57. The van der Waals surface area contributed by atoms with Crippen LogP contribution in [0.4, 0.5) is 13.2 Å². The van der Waals surface area contributed by atoms with Crippen LogP contribution >= 0.6 is 0 Å². The predicted octanol–water partition coefficient (Wildman–Crippen LogP) is 1.05. The van der Waals surface area contributed by atoms with Crippen molar-refractivity contribution in [1.29, 1.82) is 0 Å². The maximum absolute atomic E-state index is 12.2. The van der Waals surface area contributed by atoms with Crippen LogP contribution in [0.2, 0.25) is 0 Å². The summed E-state index contributed by atoms with van der Waals surface area (Å²) in [6.45, 7) is 2.37. The number of carbonyl (C=O) groups excluding carboxylic acids is 1. The van der Waals surface area contributed by atoms with E-state index in [1.807, 2.05) is 0 Å². The third kappa shape index (κ3) is 3.70. The molecule has 1 unspecified atom stereocenters. The Hall–Kier alpha value is -0.780. The first-order valence-electron chi connectivity index (χ1n) is 4.99. The van der Waals surface area contributed by atoms with Crippen LogP contribution < -0.4 is 10.6 Å². The van der Waals surface area contributed by atoms with Gasteiger partial charge < -0.3 is 10.6 Å². The minimum atomic E-state index is -4.45. The molecule has 1 fully saturated rings. The number of hydrogen-bond donors (Lipinski definition) is 2. The van der Waals surface area contributed by atoms with E-state index in [1.54, 1.807) is 0 Å². The second-order valence-electron chi connectivity index (χ2n) is 3.80. The Labute approximate surface area is 86.4 Å². The Kier molecular flexibility index (Phi) is 3.96. The second kappa shape index (κ2) is 4.83. The van der Waals surface area contributed by atoms with Gasteiger partial charge in [-0.15, -0.1) is 0 Å². The Bertz CT molecular complexity index is 224. The van der Waals surface area contributed by atoms with Gasteiger partial charge in [-0.05, 0) is 32.9 Å². The van der Waals surface area contributed by atoms with E-state index in [1.165, 1.54) is 0 Å². The van der Waals surface area contributed by atoms with E-state index in [2.05, 4.69) is 10.6 Å². The highest BCUT2D eigenvalue weighted by Crippen LogP contribution is 2.25. The molecule has 2 N–H and O–H groups in total. The first kappa shape index (κ1) is 12.3. The molecule has 0 spiro atoms.